The minimum absolute atomic E-state index is 0.540. The lowest BCUT2D eigenvalue weighted by Crippen LogP contribution is -2.23. The molecule has 0 amide bonds. The summed E-state index contributed by atoms with van der Waals surface area (Å²) in [4.78, 5) is 1.11. The Morgan fingerprint density at radius 3 is 2.78 bits per heavy atom. The van der Waals surface area contributed by atoms with Gasteiger partial charge in [-0.15, -0.1) is 11.3 Å². The van der Waals surface area contributed by atoms with E-state index in [0.717, 1.165) is 14.2 Å². The van der Waals surface area contributed by atoms with Crippen LogP contribution in [0.2, 0.25) is 0 Å². The maximum Gasteiger partial charge on any atom is 0.0991 e. The molecule has 0 aliphatic carbocycles. The summed E-state index contributed by atoms with van der Waals surface area (Å²) in [5.41, 5.74) is 0.378. The highest BCUT2D eigenvalue weighted by Gasteiger charge is 2.24. The van der Waals surface area contributed by atoms with Crippen LogP contribution in [0, 0.1) is 11.3 Å². The van der Waals surface area contributed by atoms with E-state index in [0.29, 0.717) is 12.0 Å². The first-order valence-electron chi connectivity index (χ1n) is 5.48. The minimum atomic E-state index is -0.961. The van der Waals surface area contributed by atoms with Crippen molar-refractivity contribution >= 4 is 27.3 Å². The first kappa shape index (κ1) is 13.3. The second-order valence-electron chi connectivity index (χ2n) is 4.35. The molecular weight excluding hydrogens is 310 g/mol. The Morgan fingerprint density at radius 1 is 1.39 bits per heavy atom. The lowest BCUT2D eigenvalue weighted by Gasteiger charge is -2.23. The van der Waals surface area contributed by atoms with Gasteiger partial charge in [-0.1, -0.05) is 12.1 Å². The zero-order valence-electron chi connectivity index (χ0n) is 9.85. The molecule has 92 valence electrons. The zero-order valence-corrected chi connectivity index (χ0v) is 12.3. The molecule has 0 radical (unpaired) electrons. The van der Waals surface area contributed by atoms with Crippen molar-refractivity contribution in [3.05, 3.63) is 56.2 Å². The number of aliphatic hydroxyl groups is 1. The summed E-state index contributed by atoms with van der Waals surface area (Å²) in [5, 5.41) is 19.4. The summed E-state index contributed by atoms with van der Waals surface area (Å²) in [6.45, 7) is 1.77. The van der Waals surface area contributed by atoms with Crippen molar-refractivity contribution < 1.29 is 5.11 Å². The predicted octanol–water partition coefficient (Wildman–Crippen LogP) is 3.83. The first-order chi connectivity index (χ1) is 8.51. The van der Waals surface area contributed by atoms with Crippen LogP contribution in [0.3, 0.4) is 0 Å². The van der Waals surface area contributed by atoms with Crippen LogP contribution < -0.4 is 0 Å². The third-order valence-corrected chi connectivity index (χ3v) is 4.38. The fourth-order valence-electron chi connectivity index (χ4n) is 1.81. The third-order valence-electron chi connectivity index (χ3n) is 2.76. The molecule has 1 atom stereocenters. The van der Waals surface area contributed by atoms with Crippen LogP contribution in [0.1, 0.15) is 22.9 Å². The van der Waals surface area contributed by atoms with E-state index in [-0.39, 0.29) is 0 Å². The SMILES string of the molecule is CC(O)(Cc1ccc(Br)s1)c1cccc(C#N)c1. The number of nitrogens with zero attached hydrogens (tertiary/aromatic N) is 1. The number of rotatable bonds is 3. The van der Waals surface area contributed by atoms with Crippen molar-refractivity contribution in [2.45, 2.75) is 18.9 Å². The molecule has 1 heterocycles. The van der Waals surface area contributed by atoms with E-state index in [1.54, 1.807) is 36.5 Å². The largest absolute Gasteiger partial charge is 0.385 e. The van der Waals surface area contributed by atoms with Crippen LogP contribution >= 0.6 is 27.3 Å². The Bertz CT molecular complexity index is 598. The molecule has 2 rings (SSSR count). The Kier molecular flexibility index (Phi) is 3.86. The van der Waals surface area contributed by atoms with Crippen molar-refractivity contribution in [1.82, 2.24) is 0 Å². The molecule has 0 aliphatic heterocycles. The molecule has 0 saturated carbocycles. The minimum Gasteiger partial charge on any atom is -0.385 e. The molecular formula is C14H12BrNOS. The summed E-state index contributed by atoms with van der Waals surface area (Å²) < 4.78 is 1.05. The Hall–Kier alpha value is -1.15. The van der Waals surface area contributed by atoms with Gasteiger partial charge in [-0.2, -0.15) is 5.26 Å². The van der Waals surface area contributed by atoms with E-state index in [1.165, 1.54) is 0 Å². The lowest BCUT2D eigenvalue weighted by atomic mass is 9.91. The monoisotopic (exact) mass is 321 g/mol. The van der Waals surface area contributed by atoms with Gasteiger partial charge < -0.3 is 5.11 Å². The van der Waals surface area contributed by atoms with Crippen molar-refractivity contribution in [2.24, 2.45) is 0 Å². The molecule has 2 aromatic rings. The van der Waals surface area contributed by atoms with Gasteiger partial charge in [0.2, 0.25) is 0 Å². The standard InChI is InChI=1S/C14H12BrNOS/c1-14(17,8-12-5-6-13(15)18-12)11-4-2-3-10(7-11)9-16/h2-7,17H,8H2,1H3. The first-order valence-corrected chi connectivity index (χ1v) is 7.09. The highest BCUT2D eigenvalue weighted by Crippen LogP contribution is 2.30. The molecule has 1 aromatic carbocycles. The second kappa shape index (κ2) is 5.23. The van der Waals surface area contributed by atoms with E-state index < -0.39 is 5.60 Å². The lowest BCUT2D eigenvalue weighted by molar-refractivity contribution is 0.0584. The van der Waals surface area contributed by atoms with Crippen LogP contribution in [0.25, 0.3) is 0 Å². The number of halogens is 1. The Balaban J connectivity index is 2.27. The van der Waals surface area contributed by atoms with Gasteiger partial charge in [0.05, 0.1) is 21.0 Å². The smallest absolute Gasteiger partial charge is 0.0991 e. The van der Waals surface area contributed by atoms with Gasteiger partial charge in [0.25, 0.3) is 0 Å². The average Bonchev–Trinajstić information content (AvgIpc) is 2.74. The van der Waals surface area contributed by atoms with E-state index in [9.17, 15) is 5.11 Å². The summed E-state index contributed by atoms with van der Waals surface area (Å²) in [6.07, 6.45) is 0.540. The molecule has 1 N–H and O–H groups in total. The van der Waals surface area contributed by atoms with Crippen molar-refractivity contribution in [3.8, 4) is 6.07 Å². The predicted molar refractivity (Wildman–Crippen MR) is 76.5 cm³/mol. The van der Waals surface area contributed by atoms with Gasteiger partial charge in [0.15, 0.2) is 0 Å². The van der Waals surface area contributed by atoms with Crippen LogP contribution in [0.5, 0.6) is 0 Å². The number of thiophene rings is 1. The quantitative estimate of drug-likeness (QED) is 0.933. The third kappa shape index (κ3) is 2.99. The molecule has 2 nitrogen and oxygen atoms in total. The van der Waals surface area contributed by atoms with Gasteiger partial charge in [-0.05, 0) is 52.7 Å². The summed E-state index contributed by atoms with van der Waals surface area (Å²) >= 11 is 5.02. The molecule has 1 aromatic heterocycles. The van der Waals surface area contributed by atoms with Gasteiger partial charge in [0.1, 0.15) is 0 Å². The van der Waals surface area contributed by atoms with Crippen LogP contribution in [0.4, 0.5) is 0 Å². The molecule has 0 fully saturated rings. The van der Waals surface area contributed by atoms with E-state index in [1.807, 2.05) is 18.2 Å². The molecule has 18 heavy (non-hydrogen) atoms. The highest BCUT2D eigenvalue weighted by molar-refractivity contribution is 9.11. The zero-order chi connectivity index (χ0) is 13.2. The van der Waals surface area contributed by atoms with Gasteiger partial charge >= 0.3 is 0 Å². The Labute approximate surface area is 119 Å². The Morgan fingerprint density at radius 2 is 2.17 bits per heavy atom. The molecule has 0 spiro atoms. The van der Waals surface area contributed by atoms with Crippen LogP contribution in [-0.4, -0.2) is 5.11 Å². The fourth-order valence-corrected chi connectivity index (χ4v) is 3.44. The van der Waals surface area contributed by atoms with E-state index in [2.05, 4.69) is 22.0 Å². The fraction of sp³-hybridized carbons (Fsp3) is 0.214. The molecule has 4 heteroatoms. The van der Waals surface area contributed by atoms with E-state index in [4.69, 9.17) is 5.26 Å². The molecule has 0 saturated heterocycles. The number of nitriles is 1. The van der Waals surface area contributed by atoms with Gasteiger partial charge in [-0.3, -0.25) is 0 Å². The van der Waals surface area contributed by atoms with Crippen molar-refractivity contribution in [3.63, 3.8) is 0 Å². The van der Waals surface area contributed by atoms with Crippen LogP contribution in [-0.2, 0) is 12.0 Å². The van der Waals surface area contributed by atoms with Gasteiger partial charge in [0, 0.05) is 11.3 Å². The summed E-state index contributed by atoms with van der Waals surface area (Å²) in [7, 11) is 0. The average molecular weight is 322 g/mol. The van der Waals surface area contributed by atoms with Crippen molar-refractivity contribution in [2.75, 3.05) is 0 Å². The van der Waals surface area contributed by atoms with Gasteiger partial charge in [-0.25, -0.2) is 0 Å². The number of hydrogen-bond donors (Lipinski definition) is 1. The second-order valence-corrected chi connectivity index (χ2v) is 6.90. The topological polar surface area (TPSA) is 44.0 Å². The van der Waals surface area contributed by atoms with E-state index >= 15 is 0 Å². The molecule has 0 aliphatic rings. The molecule has 1 unspecified atom stereocenters. The van der Waals surface area contributed by atoms with Crippen molar-refractivity contribution in [1.29, 1.82) is 5.26 Å². The molecule has 0 bridgehead atoms. The van der Waals surface area contributed by atoms with Crippen LogP contribution in [0.15, 0.2) is 40.2 Å². The summed E-state index contributed by atoms with van der Waals surface area (Å²) in [5.74, 6) is 0. The number of hydrogen-bond acceptors (Lipinski definition) is 3. The number of benzene rings is 1. The maximum atomic E-state index is 10.6. The maximum absolute atomic E-state index is 10.6. The summed E-state index contributed by atoms with van der Waals surface area (Å²) in [6, 6.07) is 13.2. The highest BCUT2D eigenvalue weighted by atomic mass is 79.9. The normalized spacial score (nSPS) is 13.9.